The number of amides is 1. The molecule has 0 radical (unpaired) electrons. The van der Waals surface area contributed by atoms with E-state index in [1.165, 1.54) is 0 Å². The maximum absolute atomic E-state index is 12.3. The molecule has 1 aliphatic heterocycles. The van der Waals surface area contributed by atoms with Gasteiger partial charge in [-0.15, -0.1) is 0 Å². The van der Waals surface area contributed by atoms with Crippen LogP contribution >= 0.6 is 0 Å². The molecule has 0 aliphatic carbocycles. The van der Waals surface area contributed by atoms with Crippen LogP contribution in [0.1, 0.15) is 21.5 Å². The highest BCUT2D eigenvalue weighted by atomic mass is 16.5. The van der Waals surface area contributed by atoms with Crippen LogP contribution in [-0.2, 0) is 13.1 Å². The molecule has 1 heterocycles. The maximum Gasteiger partial charge on any atom is 0.254 e. The third-order valence-corrected chi connectivity index (χ3v) is 3.63. The number of fused-ring (bicyclic) bond motifs is 1. The molecule has 4 nitrogen and oxygen atoms in total. The van der Waals surface area contributed by atoms with E-state index in [4.69, 9.17) is 11.3 Å². The fraction of sp³-hybridized carbons (Fsp3) is 0.176. The molecule has 0 fully saturated rings. The molecular formula is C17H14N2O2. The smallest absolute Gasteiger partial charge is 0.254 e. The van der Waals surface area contributed by atoms with E-state index in [1.54, 1.807) is 30.2 Å². The van der Waals surface area contributed by atoms with Gasteiger partial charge in [-0.05, 0) is 23.3 Å². The highest BCUT2D eigenvalue weighted by Crippen LogP contribution is 2.28. The van der Waals surface area contributed by atoms with Crippen molar-refractivity contribution in [2.45, 2.75) is 13.1 Å². The topological polar surface area (TPSA) is 33.9 Å². The standard InChI is InChI=1S/C17H14N2O2/c1-18-14-5-8-16-13(9-14)11-19(17(16)20)10-12-3-6-15(21-2)7-4-12/h3-9H,10-11H2,2H3. The largest absolute Gasteiger partial charge is 0.497 e. The summed E-state index contributed by atoms with van der Waals surface area (Å²) in [5.41, 5.74) is 3.27. The molecule has 0 aromatic heterocycles. The minimum absolute atomic E-state index is 0.0253. The van der Waals surface area contributed by atoms with Gasteiger partial charge in [-0.2, -0.15) is 0 Å². The van der Waals surface area contributed by atoms with Crippen molar-refractivity contribution in [1.82, 2.24) is 4.90 Å². The summed E-state index contributed by atoms with van der Waals surface area (Å²) in [5, 5.41) is 0. The maximum atomic E-state index is 12.3. The van der Waals surface area contributed by atoms with Gasteiger partial charge in [0.25, 0.3) is 5.91 Å². The van der Waals surface area contributed by atoms with Crippen LogP contribution in [0.3, 0.4) is 0 Å². The first-order valence-electron chi connectivity index (χ1n) is 6.64. The molecule has 1 aliphatic rings. The summed E-state index contributed by atoms with van der Waals surface area (Å²) in [6.07, 6.45) is 0. The normalized spacial score (nSPS) is 13.0. The molecule has 0 N–H and O–H groups in total. The van der Waals surface area contributed by atoms with Crippen molar-refractivity contribution < 1.29 is 9.53 Å². The van der Waals surface area contributed by atoms with Gasteiger partial charge >= 0.3 is 0 Å². The summed E-state index contributed by atoms with van der Waals surface area (Å²) in [6, 6.07) is 12.9. The second-order valence-electron chi connectivity index (χ2n) is 4.96. The molecule has 104 valence electrons. The molecule has 0 unspecified atom stereocenters. The summed E-state index contributed by atoms with van der Waals surface area (Å²) in [7, 11) is 1.63. The van der Waals surface area contributed by atoms with Gasteiger partial charge in [0, 0.05) is 18.7 Å². The molecule has 4 heteroatoms. The minimum atomic E-state index is 0.0253. The monoisotopic (exact) mass is 278 g/mol. The van der Waals surface area contributed by atoms with E-state index in [-0.39, 0.29) is 5.91 Å². The quantitative estimate of drug-likeness (QED) is 0.806. The van der Waals surface area contributed by atoms with Crippen LogP contribution in [0.15, 0.2) is 42.5 Å². The van der Waals surface area contributed by atoms with Crippen LogP contribution in [0.25, 0.3) is 4.85 Å². The number of carbonyl (C=O) groups is 1. The van der Waals surface area contributed by atoms with Gasteiger partial charge in [0.15, 0.2) is 5.69 Å². The van der Waals surface area contributed by atoms with E-state index < -0.39 is 0 Å². The van der Waals surface area contributed by atoms with Gasteiger partial charge in [-0.3, -0.25) is 4.79 Å². The van der Waals surface area contributed by atoms with Crippen molar-refractivity contribution in [2.75, 3.05) is 7.11 Å². The van der Waals surface area contributed by atoms with E-state index in [9.17, 15) is 4.79 Å². The predicted octanol–water partition coefficient (Wildman–Crippen LogP) is 3.40. The second kappa shape index (κ2) is 5.29. The van der Waals surface area contributed by atoms with E-state index >= 15 is 0 Å². The highest BCUT2D eigenvalue weighted by Gasteiger charge is 2.27. The van der Waals surface area contributed by atoms with Crippen LogP contribution in [0.4, 0.5) is 5.69 Å². The van der Waals surface area contributed by atoms with Crippen LogP contribution in [-0.4, -0.2) is 17.9 Å². The lowest BCUT2D eigenvalue weighted by atomic mass is 10.1. The number of benzene rings is 2. The van der Waals surface area contributed by atoms with Crippen molar-refractivity contribution in [1.29, 1.82) is 0 Å². The Bertz CT molecular complexity index is 729. The Morgan fingerprint density at radius 1 is 1.24 bits per heavy atom. The predicted molar refractivity (Wildman–Crippen MR) is 79.3 cm³/mol. The summed E-state index contributed by atoms with van der Waals surface area (Å²) < 4.78 is 5.13. The second-order valence-corrected chi connectivity index (χ2v) is 4.96. The van der Waals surface area contributed by atoms with Gasteiger partial charge < -0.3 is 9.64 Å². The van der Waals surface area contributed by atoms with Crippen molar-refractivity contribution in [3.8, 4) is 5.75 Å². The molecule has 1 amide bonds. The van der Waals surface area contributed by atoms with Crippen LogP contribution in [0, 0.1) is 6.57 Å². The Labute approximate surface area is 123 Å². The number of hydrogen-bond acceptors (Lipinski definition) is 2. The molecule has 0 atom stereocenters. The molecule has 0 saturated carbocycles. The van der Waals surface area contributed by atoms with E-state index in [2.05, 4.69) is 4.85 Å². The molecule has 21 heavy (non-hydrogen) atoms. The van der Waals surface area contributed by atoms with E-state index in [0.717, 1.165) is 16.9 Å². The fourth-order valence-electron chi connectivity index (χ4n) is 2.52. The Morgan fingerprint density at radius 2 is 2.00 bits per heavy atom. The van der Waals surface area contributed by atoms with E-state index in [1.807, 2.05) is 24.3 Å². The Hall–Kier alpha value is -2.80. The van der Waals surface area contributed by atoms with Crippen molar-refractivity contribution in [2.24, 2.45) is 0 Å². The highest BCUT2D eigenvalue weighted by molar-refractivity contribution is 5.98. The van der Waals surface area contributed by atoms with Gasteiger partial charge in [0.1, 0.15) is 5.75 Å². The Balaban J connectivity index is 1.79. The number of nitrogens with zero attached hydrogens (tertiary/aromatic N) is 2. The number of hydrogen-bond donors (Lipinski definition) is 0. The van der Waals surface area contributed by atoms with Gasteiger partial charge in [-0.1, -0.05) is 30.3 Å². The molecule has 0 bridgehead atoms. The fourth-order valence-corrected chi connectivity index (χ4v) is 2.52. The number of ether oxygens (including phenoxy) is 1. The number of rotatable bonds is 3. The molecule has 3 rings (SSSR count). The minimum Gasteiger partial charge on any atom is -0.497 e. The van der Waals surface area contributed by atoms with Gasteiger partial charge in [0.2, 0.25) is 0 Å². The average molecular weight is 278 g/mol. The Kier molecular flexibility index (Phi) is 3.33. The Morgan fingerprint density at radius 3 is 2.67 bits per heavy atom. The molecule has 0 saturated heterocycles. The number of carbonyl (C=O) groups excluding carboxylic acids is 1. The summed E-state index contributed by atoms with van der Waals surface area (Å²) in [5.74, 6) is 0.828. The van der Waals surface area contributed by atoms with Crippen LogP contribution < -0.4 is 4.74 Å². The number of methoxy groups -OCH3 is 1. The van der Waals surface area contributed by atoms with Crippen molar-refractivity contribution in [3.05, 3.63) is 70.6 Å². The molecule has 2 aromatic carbocycles. The first-order chi connectivity index (χ1) is 10.2. The lowest BCUT2D eigenvalue weighted by molar-refractivity contribution is 0.0766. The SMILES string of the molecule is [C-]#[N+]c1ccc2c(c1)CN(Cc1ccc(OC)cc1)C2=O. The summed E-state index contributed by atoms with van der Waals surface area (Å²) >= 11 is 0. The van der Waals surface area contributed by atoms with Gasteiger partial charge in [0.05, 0.1) is 13.7 Å². The zero-order valence-corrected chi connectivity index (χ0v) is 11.7. The zero-order valence-electron chi connectivity index (χ0n) is 11.7. The first kappa shape index (κ1) is 13.2. The lowest BCUT2D eigenvalue weighted by Gasteiger charge is -2.15. The summed E-state index contributed by atoms with van der Waals surface area (Å²) in [6.45, 7) is 8.16. The molecule has 0 spiro atoms. The van der Waals surface area contributed by atoms with E-state index in [0.29, 0.717) is 24.3 Å². The third-order valence-electron chi connectivity index (χ3n) is 3.63. The van der Waals surface area contributed by atoms with Gasteiger partial charge in [-0.25, -0.2) is 4.85 Å². The van der Waals surface area contributed by atoms with Crippen molar-refractivity contribution >= 4 is 11.6 Å². The van der Waals surface area contributed by atoms with Crippen LogP contribution in [0.5, 0.6) is 5.75 Å². The van der Waals surface area contributed by atoms with Crippen LogP contribution in [0.2, 0.25) is 0 Å². The zero-order chi connectivity index (χ0) is 14.8. The van der Waals surface area contributed by atoms with Crippen molar-refractivity contribution in [3.63, 3.8) is 0 Å². The third kappa shape index (κ3) is 2.46. The lowest BCUT2D eigenvalue weighted by Crippen LogP contribution is -2.23. The summed E-state index contributed by atoms with van der Waals surface area (Å²) in [4.78, 5) is 17.5. The average Bonchev–Trinajstić information content (AvgIpc) is 2.83. The molecular weight excluding hydrogens is 264 g/mol. The molecule has 2 aromatic rings. The first-order valence-corrected chi connectivity index (χ1v) is 6.64.